The van der Waals surface area contributed by atoms with Gasteiger partial charge in [0.1, 0.15) is 5.82 Å². The fourth-order valence-corrected chi connectivity index (χ4v) is 6.84. The third kappa shape index (κ3) is 8.12. The molecule has 2 fully saturated rings. The van der Waals surface area contributed by atoms with E-state index in [9.17, 15) is 4.39 Å². The fraction of sp³-hybridized carbons (Fsp3) is 0.556. The van der Waals surface area contributed by atoms with Crippen LogP contribution >= 0.6 is 0 Å². The van der Waals surface area contributed by atoms with Crippen LogP contribution in [0.25, 0.3) is 0 Å². The van der Waals surface area contributed by atoms with Crippen molar-refractivity contribution in [1.29, 1.82) is 0 Å². The molecule has 0 N–H and O–H groups in total. The normalized spacial score (nSPS) is 24.7. The van der Waals surface area contributed by atoms with Gasteiger partial charge in [0.2, 0.25) is 0 Å². The predicted molar refractivity (Wildman–Crippen MR) is 159 cm³/mol. The Morgan fingerprint density at radius 1 is 0.850 bits per heavy atom. The maximum Gasteiger partial charge on any atom is 0.386 e. The van der Waals surface area contributed by atoms with Crippen molar-refractivity contribution in [3.05, 3.63) is 95.3 Å². The molecule has 0 saturated heterocycles. The summed E-state index contributed by atoms with van der Waals surface area (Å²) in [5.74, 6) is 1.35. The van der Waals surface area contributed by atoms with Crippen LogP contribution in [-0.4, -0.2) is 0 Å². The number of allylic oxidation sites excluding steroid dienone is 3. The van der Waals surface area contributed by atoms with Gasteiger partial charge in [-0.2, -0.15) is 8.78 Å². The fourth-order valence-electron chi connectivity index (χ4n) is 6.84. The van der Waals surface area contributed by atoms with Crippen LogP contribution in [0.3, 0.4) is 0 Å². The van der Waals surface area contributed by atoms with Crippen molar-refractivity contribution in [2.24, 2.45) is 11.8 Å². The Morgan fingerprint density at radius 3 is 1.95 bits per heavy atom. The van der Waals surface area contributed by atoms with Crippen molar-refractivity contribution in [3.63, 3.8) is 0 Å². The highest BCUT2D eigenvalue weighted by atomic mass is 19.3. The molecule has 4 heteroatoms. The lowest BCUT2D eigenvalue weighted by Gasteiger charge is -2.29. The summed E-state index contributed by atoms with van der Waals surface area (Å²) in [6, 6.07) is 12.1. The second-order valence-corrected chi connectivity index (χ2v) is 12.1. The van der Waals surface area contributed by atoms with Gasteiger partial charge in [-0.25, -0.2) is 4.39 Å². The van der Waals surface area contributed by atoms with Crippen LogP contribution in [0.2, 0.25) is 0 Å². The van der Waals surface area contributed by atoms with Gasteiger partial charge < -0.3 is 4.74 Å². The van der Waals surface area contributed by atoms with Gasteiger partial charge in [-0.05, 0) is 143 Å². The summed E-state index contributed by atoms with van der Waals surface area (Å²) in [5, 5.41) is 0. The minimum atomic E-state index is -3.71. The molecule has 40 heavy (non-hydrogen) atoms. The van der Waals surface area contributed by atoms with E-state index >= 15 is 8.78 Å². The van der Waals surface area contributed by atoms with E-state index < -0.39 is 23.6 Å². The molecule has 2 aromatic carbocycles. The minimum Gasteiger partial charge on any atom is -0.309 e. The maximum absolute atomic E-state index is 15.1. The Kier molecular flexibility index (Phi) is 11.1. The van der Waals surface area contributed by atoms with Gasteiger partial charge in [0, 0.05) is 0 Å². The van der Waals surface area contributed by atoms with Crippen molar-refractivity contribution in [2.75, 3.05) is 0 Å². The molecule has 2 aliphatic rings. The quantitative estimate of drug-likeness (QED) is 0.238. The highest BCUT2D eigenvalue weighted by Crippen LogP contribution is 2.42. The summed E-state index contributed by atoms with van der Waals surface area (Å²) in [7, 11) is 0. The lowest BCUT2D eigenvalue weighted by Crippen LogP contribution is -2.22. The van der Waals surface area contributed by atoms with E-state index in [4.69, 9.17) is 4.74 Å². The molecule has 1 atom stereocenters. The van der Waals surface area contributed by atoms with E-state index in [2.05, 4.69) is 37.8 Å². The topological polar surface area (TPSA) is 9.23 Å². The molecule has 4 rings (SSSR count). The number of ether oxygens (including phenoxy) is 1. The van der Waals surface area contributed by atoms with Crippen LogP contribution in [0.4, 0.5) is 13.2 Å². The summed E-state index contributed by atoms with van der Waals surface area (Å²) < 4.78 is 50.5. The lowest BCUT2D eigenvalue weighted by molar-refractivity contribution is -0.273. The highest BCUT2D eigenvalue weighted by Gasteiger charge is 2.38. The van der Waals surface area contributed by atoms with E-state index in [1.165, 1.54) is 49.8 Å². The molecule has 0 amide bonds. The van der Waals surface area contributed by atoms with Crippen LogP contribution < -0.4 is 0 Å². The third-order valence-corrected chi connectivity index (χ3v) is 9.43. The first-order valence-corrected chi connectivity index (χ1v) is 15.5. The number of rotatable bonds is 12. The number of alkyl halides is 2. The largest absolute Gasteiger partial charge is 0.386 e. The van der Waals surface area contributed by atoms with E-state index in [-0.39, 0.29) is 5.92 Å². The number of halogens is 3. The van der Waals surface area contributed by atoms with Gasteiger partial charge >= 0.3 is 6.11 Å². The smallest absolute Gasteiger partial charge is 0.309 e. The van der Waals surface area contributed by atoms with Crippen molar-refractivity contribution in [3.8, 4) is 0 Å². The van der Waals surface area contributed by atoms with Crippen LogP contribution in [-0.2, 0) is 10.8 Å². The van der Waals surface area contributed by atoms with Crippen LogP contribution in [0, 0.1) is 17.7 Å². The zero-order valence-electron chi connectivity index (χ0n) is 24.4. The molecule has 0 bridgehead atoms. The minimum absolute atomic E-state index is 0.226. The van der Waals surface area contributed by atoms with Gasteiger partial charge in [-0.3, -0.25) is 0 Å². The highest BCUT2D eigenvalue weighted by molar-refractivity contribution is 5.30. The van der Waals surface area contributed by atoms with Crippen molar-refractivity contribution in [1.82, 2.24) is 0 Å². The number of benzene rings is 2. The SMILES string of the molecule is C=CCCC1CCC(c2ccc(C(F)(F)OC(C)c3ccc(C4CCC(CC/C=C/C)CC4)cc3)c(F)c2)CC1. The lowest BCUT2D eigenvalue weighted by atomic mass is 9.77. The van der Waals surface area contributed by atoms with E-state index in [1.807, 2.05) is 18.2 Å². The molecule has 2 saturated carbocycles. The monoisotopic (exact) mass is 552 g/mol. The van der Waals surface area contributed by atoms with Gasteiger partial charge in [-0.1, -0.05) is 48.6 Å². The average molecular weight is 553 g/mol. The van der Waals surface area contributed by atoms with E-state index in [0.29, 0.717) is 17.4 Å². The van der Waals surface area contributed by atoms with E-state index in [1.54, 1.807) is 13.0 Å². The summed E-state index contributed by atoms with van der Waals surface area (Å²) in [4.78, 5) is 0. The van der Waals surface area contributed by atoms with Crippen molar-refractivity contribution < 1.29 is 17.9 Å². The molecular weight excluding hydrogens is 505 g/mol. The molecule has 0 radical (unpaired) electrons. The first kappa shape index (κ1) is 30.6. The molecule has 1 unspecified atom stereocenters. The molecule has 0 aromatic heterocycles. The molecule has 2 aromatic rings. The van der Waals surface area contributed by atoms with E-state index in [0.717, 1.165) is 56.4 Å². The molecular formula is C36H47F3O. The number of hydrogen-bond acceptors (Lipinski definition) is 1. The Balaban J connectivity index is 1.31. The first-order chi connectivity index (χ1) is 19.3. The van der Waals surface area contributed by atoms with Crippen LogP contribution in [0.5, 0.6) is 0 Å². The second kappa shape index (κ2) is 14.5. The predicted octanol–water partition coefficient (Wildman–Crippen LogP) is 11.5. The van der Waals surface area contributed by atoms with Crippen LogP contribution in [0.1, 0.15) is 131 Å². The van der Waals surface area contributed by atoms with Gasteiger partial charge in [0.15, 0.2) is 0 Å². The maximum atomic E-state index is 15.1. The molecule has 218 valence electrons. The Bertz CT molecular complexity index is 1090. The van der Waals surface area contributed by atoms with Crippen LogP contribution in [0.15, 0.2) is 67.3 Å². The molecule has 1 nitrogen and oxygen atoms in total. The second-order valence-electron chi connectivity index (χ2n) is 12.1. The summed E-state index contributed by atoms with van der Waals surface area (Å²) in [6.07, 6.45) is 15.3. The molecule has 0 spiro atoms. The molecule has 0 aliphatic heterocycles. The first-order valence-electron chi connectivity index (χ1n) is 15.5. The molecule has 0 heterocycles. The standard InChI is InChI=1S/C36H47F3O/c1-4-6-8-10-28-11-15-30(16-12-28)31-21-19-29(20-22-31)26(3)40-36(38,39)34-24-23-33(25-35(34)37)32-17-13-27(14-18-32)9-7-5-2/h4-6,19-28,30,32H,2,7-18H2,1,3H3/b6-4+. The Labute approximate surface area is 239 Å². The van der Waals surface area contributed by atoms with Crippen molar-refractivity contribution in [2.45, 2.75) is 115 Å². The Hall–Kier alpha value is -2.33. The average Bonchev–Trinajstić information content (AvgIpc) is 2.96. The summed E-state index contributed by atoms with van der Waals surface area (Å²) in [5.41, 5.74) is 2.07. The van der Waals surface area contributed by atoms with Gasteiger partial charge in [-0.15, -0.1) is 6.58 Å². The Morgan fingerprint density at radius 2 is 1.40 bits per heavy atom. The summed E-state index contributed by atoms with van der Waals surface area (Å²) >= 11 is 0. The molecule has 2 aliphatic carbocycles. The zero-order valence-corrected chi connectivity index (χ0v) is 24.4. The zero-order chi connectivity index (χ0) is 28.5. The summed E-state index contributed by atoms with van der Waals surface area (Å²) in [6.45, 7) is 7.48. The number of hydrogen-bond donors (Lipinski definition) is 0. The van der Waals surface area contributed by atoms with Crippen molar-refractivity contribution >= 4 is 0 Å². The van der Waals surface area contributed by atoms with Gasteiger partial charge in [0.25, 0.3) is 0 Å². The third-order valence-electron chi connectivity index (χ3n) is 9.43. The van der Waals surface area contributed by atoms with Gasteiger partial charge in [0.05, 0.1) is 11.7 Å².